The Balaban J connectivity index is 1.05. The van der Waals surface area contributed by atoms with Gasteiger partial charge in [-0.3, -0.25) is 19.2 Å². The summed E-state index contributed by atoms with van der Waals surface area (Å²) in [7, 11) is 0. The smallest absolute Gasteiger partial charge is 0.308 e. The number of phenolic OH excluding ortho intramolecular Hbond substituents is 4. The van der Waals surface area contributed by atoms with E-state index in [-0.39, 0.29) is 111 Å². The largest absolute Gasteiger partial charge is 0.507 e. The maximum absolute atomic E-state index is 13.9. The average Bonchev–Trinajstić information content (AvgIpc) is 0.711. The Bertz CT molecular complexity index is 4820. The summed E-state index contributed by atoms with van der Waals surface area (Å²) in [6.45, 7) is 4.72. The number of aliphatic hydroxyl groups excluding tert-OH is 3. The third-order valence-electron chi connectivity index (χ3n) is 17.7. The van der Waals surface area contributed by atoms with Gasteiger partial charge in [0.1, 0.15) is 96.5 Å². The zero-order valence-corrected chi connectivity index (χ0v) is 56.0. The van der Waals surface area contributed by atoms with Crippen LogP contribution in [0.25, 0.3) is 0 Å². The molecular weight excluding hydrogens is 1320 g/mol. The normalized spacial score (nSPS) is 18.5. The molecule has 526 valence electrons. The number of carbonyl (C=O) groups excluding carboxylic acids is 4. The minimum absolute atomic E-state index is 0.0118. The van der Waals surface area contributed by atoms with E-state index in [2.05, 4.69) is 0 Å². The van der Waals surface area contributed by atoms with E-state index in [1.807, 2.05) is 121 Å². The van der Waals surface area contributed by atoms with Crippen molar-refractivity contribution in [1.29, 1.82) is 0 Å². The van der Waals surface area contributed by atoms with Crippen LogP contribution in [0.2, 0.25) is 0 Å². The third kappa shape index (κ3) is 15.0. The molecular formula is C81H70O22. The number of phenols is 4. The minimum atomic E-state index is -2.00. The van der Waals surface area contributed by atoms with E-state index in [0.717, 1.165) is 68.1 Å². The van der Waals surface area contributed by atoms with E-state index >= 15 is 0 Å². The fourth-order valence-corrected chi connectivity index (χ4v) is 13.2. The molecule has 0 saturated heterocycles. The highest BCUT2D eigenvalue weighted by Gasteiger charge is 2.52. The van der Waals surface area contributed by atoms with Crippen LogP contribution in [0.4, 0.5) is 0 Å². The summed E-state index contributed by atoms with van der Waals surface area (Å²) in [6.07, 6.45) is -10.4. The molecule has 103 heavy (non-hydrogen) atoms. The van der Waals surface area contributed by atoms with Gasteiger partial charge in [-0.15, -0.1) is 0 Å². The van der Waals surface area contributed by atoms with Gasteiger partial charge in [0.05, 0.1) is 17.9 Å². The van der Waals surface area contributed by atoms with Crippen molar-refractivity contribution in [2.75, 3.05) is 0 Å². The summed E-state index contributed by atoms with van der Waals surface area (Å²) in [5, 5.41) is 87.7. The standard InChI is InChI=1S/C81H70O22/c1-43(82)97-62-30-27-52(33-65(62)99-45(3)84)77-60(90)36-55-63(98-44(2)83)38-68(100-46(4)85)72(80(55)102-77)74-70-59(89)37-58(88)69(81(70)103-79(76(74)92)51-25-28-56(86)57(87)31-51)73-71-66(96-42-50-23-15-8-16-24-50)34-54(93-39-47-17-9-5-10-18-47)35-67(71)101-78(75(73)91)53-26-29-61(94-40-48-19-11-6-12-20-48)64(32-53)95-41-49-21-13-7-14-22-49/h5-35,37-38,60,73-79,86-92H,36,39-42H2,1-4H3. The van der Waals surface area contributed by atoms with E-state index in [0.29, 0.717) is 11.3 Å². The van der Waals surface area contributed by atoms with E-state index in [4.69, 9.17) is 52.1 Å². The predicted molar refractivity (Wildman–Crippen MR) is 369 cm³/mol. The molecule has 22 nitrogen and oxygen atoms in total. The topological polar surface area (TPSA) is 311 Å². The van der Waals surface area contributed by atoms with Gasteiger partial charge in [-0.2, -0.15) is 0 Å². The number of rotatable bonds is 21. The van der Waals surface area contributed by atoms with Crippen molar-refractivity contribution in [3.05, 3.63) is 267 Å². The molecule has 13 rings (SSSR count). The minimum Gasteiger partial charge on any atom is -0.507 e. The van der Waals surface area contributed by atoms with Crippen molar-refractivity contribution in [3.8, 4) is 86.2 Å². The molecule has 0 aromatic heterocycles. The first-order valence-corrected chi connectivity index (χ1v) is 32.9. The second kappa shape index (κ2) is 29.9. The van der Waals surface area contributed by atoms with E-state index in [1.165, 1.54) is 30.3 Å². The van der Waals surface area contributed by atoms with E-state index < -0.39 is 113 Å². The molecule has 3 heterocycles. The summed E-state index contributed by atoms with van der Waals surface area (Å²) in [6, 6.07) is 55.7. The van der Waals surface area contributed by atoms with Crippen LogP contribution in [0.5, 0.6) is 86.2 Å². The van der Waals surface area contributed by atoms with Gasteiger partial charge in [-0.25, -0.2) is 0 Å². The summed E-state index contributed by atoms with van der Waals surface area (Å²) in [5.74, 6) is -10.1. The van der Waals surface area contributed by atoms with Crippen molar-refractivity contribution in [3.63, 3.8) is 0 Å². The zero-order valence-electron chi connectivity index (χ0n) is 56.0. The summed E-state index contributed by atoms with van der Waals surface area (Å²) in [5.41, 5.74) is 2.98. The van der Waals surface area contributed by atoms with Gasteiger partial charge in [0.15, 0.2) is 46.7 Å². The van der Waals surface area contributed by atoms with Gasteiger partial charge >= 0.3 is 23.9 Å². The summed E-state index contributed by atoms with van der Waals surface area (Å²) >= 11 is 0. The van der Waals surface area contributed by atoms with Crippen molar-refractivity contribution in [2.45, 2.75) is 109 Å². The Hall–Kier alpha value is -12.2. The first kappa shape index (κ1) is 69.2. The Kier molecular flexibility index (Phi) is 20.1. The van der Waals surface area contributed by atoms with Gasteiger partial charge in [-0.05, 0) is 75.3 Å². The Morgan fingerprint density at radius 2 is 0.796 bits per heavy atom. The number of benzene rings is 10. The Morgan fingerprint density at radius 1 is 0.359 bits per heavy atom. The number of aromatic hydroxyl groups is 4. The second-order valence-electron chi connectivity index (χ2n) is 25.0. The Morgan fingerprint density at radius 3 is 1.35 bits per heavy atom. The van der Waals surface area contributed by atoms with Crippen LogP contribution >= 0.6 is 0 Å². The quantitative estimate of drug-likeness (QED) is 0.0200. The second-order valence-corrected chi connectivity index (χ2v) is 25.0. The van der Waals surface area contributed by atoms with Crippen molar-refractivity contribution >= 4 is 23.9 Å². The van der Waals surface area contributed by atoms with Crippen molar-refractivity contribution in [1.82, 2.24) is 0 Å². The first-order chi connectivity index (χ1) is 49.7. The van der Waals surface area contributed by atoms with E-state index in [9.17, 15) is 54.9 Å². The molecule has 0 spiro atoms. The molecule has 7 N–H and O–H groups in total. The van der Waals surface area contributed by atoms with Crippen LogP contribution in [0.1, 0.15) is 125 Å². The monoisotopic (exact) mass is 1390 g/mol. The molecule has 8 atom stereocenters. The fourth-order valence-electron chi connectivity index (χ4n) is 13.2. The fraction of sp³-hybridized carbons (Fsp3) is 0.210. The average molecular weight is 1400 g/mol. The van der Waals surface area contributed by atoms with Crippen LogP contribution in [0, 0.1) is 0 Å². The van der Waals surface area contributed by atoms with Crippen molar-refractivity contribution in [2.24, 2.45) is 0 Å². The molecule has 0 fully saturated rings. The lowest BCUT2D eigenvalue weighted by Gasteiger charge is -2.43. The summed E-state index contributed by atoms with van der Waals surface area (Å²) < 4.78 is 70.2. The third-order valence-corrected chi connectivity index (χ3v) is 17.7. The molecule has 0 aliphatic carbocycles. The lowest BCUT2D eigenvalue weighted by molar-refractivity contribution is -0.134. The number of fused-ring (bicyclic) bond motifs is 3. The molecule has 10 aromatic rings. The highest BCUT2D eigenvalue weighted by molar-refractivity contribution is 5.78. The van der Waals surface area contributed by atoms with Gasteiger partial charge in [0.25, 0.3) is 0 Å². The van der Waals surface area contributed by atoms with Gasteiger partial charge in [-0.1, -0.05) is 140 Å². The molecule has 0 bridgehead atoms. The van der Waals surface area contributed by atoms with Gasteiger partial charge in [0, 0.05) is 86.2 Å². The number of ether oxygens (including phenoxy) is 11. The molecule has 0 radical (unpaired) electrons. The highest BCUT2D eigenvalue weighted by atomic mass is 16.6. The zero-order chi connectivity index (χ0) is 72.2. The van der Waals surface area contributed by atoms with E-state index in [1.54, 1.807) is 30.3 Å². The van der Waals surface area contributed by atoms with Crippen LogP contribution in [0.15, 0.2) is 200 Å². The van der Waals surface area contributed by atoms with Crippen LogP contribution < -0.4 is 52.1 Å². The molecule has 3 aliphatic rings. The van der Waals surface area contributed by atoms with Crippen LogP contribution in [-0.2, 0) is 52.0 Å². The predicted octanol–water partition coefficient (Wildman–Crippen LogP) is 12.8. The van der Waals surface area contributed by atoms with Crippen LogP contribution in [0.3, 0.4) is 0 Å². The number of hydrogen-bond acceptors (Lipinski definition) is 22. The highest BCUT2D eigenvalue weighted by Crippen LogP contribution is 2.63. The van der Waals surface area contributed by atoms with Gasteiger partial charge in [0.2, 0.25) is 0 Å². The number of esters is 4. The molecule has 0 saturated carbocycles. The molecule has 3 aliphatic heterocycles. The maximum atomic E-state index is 13.9. The van der Waals surface area contributed by atoms with Crippen LogP contribution in [-0.4, -0.2) is 77.9 Å². The molecule has 0 amide bonds. The molecule has 8 unspecified atom stereocenters. The lowest BCUT2D eigenvalue weighted by Crippen LogP contribution is -2.39. The molecule has 10 aromatic carbocycles. The SMILES string of the molecule is CC(=O)Oc1ccc(C2Oc3c(c(OC(C)=O)cc(OC(C)=O)c3C3c4c(O)cc(O)c(C5c6c(OCc7ccccc7)cc(OCc7ccccc7)cc6OC(c6ccc(OCc7ccccc7)c(OCc7ccccc7)c6)C5O)c4OC(c4ccc(O)c(O)c4)C3O)CC2O)cc1OC(C)=O. The first-order valence-electron chi connectivity index (χ1n) is 32.9. The number of hydrogen-bond donors (Lipinski definition) is 7. The molecule has 22 heteroatoms. The number of aliphatic hydroxyl groups is 3. The lowest BCUT2D eigenvalue weighted by atomic mass is 9.73. The maximum Gasteiger partial charge on any atom is 0.308 e. The van der Waals surface area contributed by atoms with Crippen molar-refractivity contribution < 1.29 is 107 Å². The summed E-state index contributed by atoms with van der Waals surface area (Å²) in [4.78, 5) is 51.5. The van der Waals surface area contributed by atoms with Gasteiger partial charge < -0.3 is 87.9 Å². The Labute approximate surface area is 590 Å². The number of carbonyl (C=O) groups is 4.